The Balaban J connectivity index is 2.66. The molecule has 0 radical (unpaired) electrons. The van der Waals surface area contributed by atoms with Gasteiger partial charge < -0.3 is 29.2 Å². The van der Waals surface area contributed by atoms with E-state index in [0.717, 1.165) is 0 Å². The summed E-state index contributed by atoms with van der Waals surface area (Å²) >= 11 is 0. The van der Waals surface area contributed by atoms with Crippen molar-refractivity contribution in [1.82, 2.24) is 0 Å². The van der Waals surface area contributed by atoms with Gasteiger partial charge in [0.05, 0.1) is 6.61 Å². The zero-order valence-electron chi connectivity index (χ0n) is 9.12. The zero-order valence-corrected chi connectivity index (χ0v) is 9.12. The molecule has 6 nitrogen and oxygen atoms in total. The summed E-state index contributed by atoms with van der Waals surface area (Å²) in [7, 11) is 4.49. The Bertz CT molecular complexity index is 187. The quantitative estimate of drug-likeness (QED) is 0.604. The number of methoxy groups -OCH3 is 3. The molecule has 0 amide bonds. The third-order valence-corrected chi connectivity index (χ3v) is 2.52. The molecule has 0 bridgehead atoms. The van der Waals surface area contributed by atoms with Crippen LogP contribution in [0.25, 0.3) is 0 Å². The molecular weight excluding hydrogens is 204 g/mol. The van der Waals surface area contributed by atoms with Crippen LogP contribution >= 0.6 is 0 Å². The van der Waals surface area contributed by atoms with Gasteiger partial charge in [-0.05, 0) is 0 Å². The fraction of sp³-hybridized carbons (Fsp3) is 1.00. The molecule has 5 atom stereocenters. The van der Waals surface area contributed by atoms with Gasteiger partial charge >= 0.3 is 0 Å². The van der Waals surface area contributed by atoms with Crippen LogP contribution in [0.1, 0.15) is 0 Å². The predicted octanol–water partition coefficient (Wildman–Crippen LogP) is -1.26. The Morgan fingerprint density at radius 2 is 1.93 bits per heavy atom. The second-order valence-electron chi connectivity index (χ2n) is 3.41. The number of hydrogen-bond acceptors (Lipinski definition) is 6. The first-order valence-electron chi connectivity index (χ1n) is 4.71. The van der Waals surface area contributed by atoms with E-state index in [0.29, 0.717) is 6.61 Å². The Kier molecular flexibility index (Phi) is 4.91. The predicted molar refractivity (Wildman–Crippen MR) is 50.4 cm³/mol. The van der Waals surface area contributed by atoms with E-state index in [1.54, 1.807) is 0 Å². The molecule has 1 aliphatic rings. The number of hydrogen-bond donors (Lipinski definition) is 2. The highest BCUT2D eigenvalue weighted by Crippen LogP contribution is 2.25. The maximum atomic E-state index is 9.54. The van der Waals surface area contributed by atoms with Gasteiger partial charge in [0.25, 0.3) is 0 Å². The minimum absolute atomic E-state index is 0.306. The van der Waals surface area contributed by atoms with Gasteiger partial charge in [-0.15, -0.1) is 0 Å². The highest BCUT2D eigenvalue weighted by molar-refractivity contribution is 4.91. The van der Waals surface area contributed by atoms with E-state index in [1.807, 2.05) is 0 Å². The van der Waals surface area contributed by atoms with Crippen molar-refractivity contribution in [1.29, 1.82) is 0 Å². The van der Waals surface area contributed by atoms with Crippen molar-refractivity contribution in [2.75, 3.05) is 27.9 Å². The lowest BCUT2D eigenvalue weighted by Crippen LogP contribution is -2.43. The van der Waals surface area contributed by atoms with Gasteiger partial charge in [0.1, 0.15) is 24.4 Å². The van der Waals surface area contributed by atoms with Crippen molar-refractivity contribution in [3.8, 4) is 0 Å². The second-order valence-corrected chi connectivity index (χ2v) is 3.41. The molecule has 0 saturated carbocycles. The van der Waals surface area contributed by atoms with Crippen LogP contribution in [0.3, 0.4) is 0 Å². The fourth-order valence-electron chi connectivity index (χ4n) is 1.71. The van der Waals surface area contributed by atoms with Gasteiger partial charge in [-0.25, -0.2) is 0 Å². The molecule has 0 spiro atoms. The first-order chi connectivity index (χ1) is 7.15. The van der Waals surface area contributed by atoms with E-state index >= 15 is 0 Å². The molecule has 90 valence electrons. The van der Waals surface area contributed by atoms with Crippen LogP contribution in [-0.2, 0) is 18.9 Å². The first-order valence-corrected chi connectivity index (χ1v) is 4.71. The summed E-state index contributed by atoms with van der Waals surface area (Å²) in [4.78, 5) is 0. The highest BCUT2D eigenvalue weighted by atomic mass is 16.7. The lowest BCUT2D eigenvalue weighted by atomic mass is 10.1. The molecule has 15 heavy (non-hydrogen) atoms. The Labute approximate surface area is 88.7 Å². The van der Waals surface area contributed by atoms with Gasteiger partial charge in [0, 0.05) is 21.3 Å². The Morgan fingerprint density at radius 3 is 2.40 bits per heavy atom. The smallest absolute Gasteiger partial charge is 0.184 e. The van der Waals surface area contributed by atoms with E-state index in [1.165, 1.54) is 21.3 Å². The monoisotopic (exact) mass is 222 g/mol. The molecule has 0 aromatic carbocycles. The Hall–Kier alpha value is -0.240. The van der Waals surface area contributed by atoms with Gasteiger partial charge in [-0.1, -0.05) is 0 Å². The number of ether oxygens (including phenoxy) is 4. The molecule has 0 aromatic heterocycles. The molecule has 2 N–H and O–H groups in total. The van der Waals surface area contributed by atoms with Crippen LogP contribution in [0.2, 0.25) is 0 Å². The van der Waals surface area contributed by atoms with Crippen molar-refractivity contribution >= 4 is 0 Å². The van der Waals surface area contributed by atoms with Gasteiger partial charge in [0.15, 0.2) is 6.29 Å². The SMILES string of the molecule is COCC(OC)[C@H]1O[C@H](O)[C@H](O)[C@H]1OC. The maximum absolute atomic E-state index is 9.54. The van der Waals surface area contributed by atoms with Gasteiger partial charge in [0.2, 0.25) is 0 Å². The molecule has 6 heteroatoms. The van der Waals surface area contributed by atoms with Crippen molar-refractivity contribution in [3.63, 3.8) is 0 Å². The van der Waals surface area contributed by atoms with E-state index < -0.39 is 24.6 Å². The van der Waals surface area contributed by atoms with E-state index in [9.17, 15) is 10.2 Å². The Morgan fingerprint density at radius 1 is 1.27 bits per heavy atom. The van der Waals surface area contributed by atoms with Crippen molar-refractivity contribution in [3.05, 3.63) is 0 Å². The fourth-order valence-corrected chi connectivity index (χ4v) is 1.71. The van der Waals surface area contributed by atoms with Gasteiger partial charge in [-0.2, -0.15) is 0 Å². The highest BCUT2D eigenvalue weighted by Gasteiger charge is 2.47. The molecule has 0 aromatic rings. The van der Waals surface area contributed by atoms with E-state index in [2.05, 4.69) is 0 Å². The summed E-state index contributed by atoms with van der Waals surface area (Å²) in [5.74, 6) is 0. The molecule has 0 aliphatic carbocycles. The summed E-state index contributed by atoms with van der Waals surface area (Å²) in [5, 5.41) is 18.9. The van der Waals surface area contributed by atoms with Crippen LogP contribution in [0.15, 0.2) is 0 Å². The summed E-state index contributed by atoms with van der Waals surface area (Å²) in [6.45, 7) is 0.306. The average Bonchev–Trinajstić information content (AvgIpc) is 2.51. The number of aliphatic hydroxyl groups excluding tert-OH is 2. The summed E-state index contributed by atoms with van der Waals surface area (Å²) in [6, 6.07) is 0. The molecular formula is C9H18O6. The number of rotatable bonds is 5. The summed E-state index contributed by atoms with van der Waals surface area (Å²) < 4.78 is 20.3. The van der Waals surface area contributed by atoms with Gasteiger partial charge in [-0.3, -0.25) is 0 Å². The van der Waals surface area contributed by atoms with Crippen LogP contribution in [0, 0.1) is 0 Å². The molecule has 1 aliphatic heterocycles. The van der Waals surface area contributed by atoms with E-state index in [-0.39, 0.29) is 6.10 Å². The van der Waals surface area contributed by atoms with Crippen LogP contribution < -0.4 is 0 Å². The minimum atomic E-state index is -1.24. The maximum Gasteiger partial charge on any atom is 0.184 e. The van der Waals surface area contributed by atoms with Crippen LogP contribution in [0.5, 0.6) is 0 Å². The molecule has 1 unspecified atom stereocenters. The lowest BCUT2D eigenvalue weighted by molar-refractivity contribution is -0.157. The normalized spacial score (nSPS) is 38.2. The molecule has 1 heterocycles. The van der Waals surface area contributed by atoms with Crippen molar-refractivity contribution in [2.45, 2.75) is 30.7 Å². The minimum Gasteiger partial charge on any atom is -0.385 e. The average molecular weight is 222 g/mol. The van der Waals surface area contributed by atoms with Crippen molar-refractivity contribution < 1.29 is 29.2 Å². The van der Waals surface area contributed by atoms with Crippen LogP contribution in [-0.4, -0.2) is 68.9 Å². The zero-order chi connectivity index (χ0) is 11.4. The van der Waals surface area contributed by atoms with Crippen molar-refractivity contribution in [2.24, 2.45) is 0 Å². The standard InChI is InChI=1S/C9H18O6/c1-12-4-5(13-2)7-8(14-3)6(10)9(11)15-7/h5-11H,4H2,1-3H3/t5?,6-,7-,8-,9+/m1/s1. The second kappa shape index (κ2) is 5.74. The molecule has 1 saturated heterocycles. The third-order valence-electron chi connectivity index (χ3n) is 2.52. The third kappa shape index (κ3) is 2.66. The van der Waals surface area contributed by atoms with E-state index in [4.69, 9.17) is 18.9 Å². The number of aliphatic hydroxyl groups is 2. The summed E-state index contributed by atoms with van der Waals surface area (Å²) in [6.07, 6.45) is -3.83. The molecule has 1 fully saturated rings. The topological polar surface area (TPSA) is 77.4 Å². The summed E-state index contributed by atoms with van der Waals surface area (Å²) in [5.41, 5.74) is 0. The lowest BCUT2D eigenvalue weighted by Gasteiger charge is -2.25. The van der Waals surface area contributed by atoms with Crippen LogP contribution in [0.4, 0.5) is 0 Å². The molecule has 1 rings (SSSR count). The largest absolute Gasteiger partial charge is 0.385 e. The first kappa shape index (κ1) is 12.8.